The van der Waals surface area contributed by atoms with Crippen LogP contribution in [0.15, 0.2) is 0 Å². The second-order valence-electron chi connectivity index (χ2n) is 5.96. The van der Waals surface area contributed by atoms with Gasteiger partial charge >= 0.3 is 0 Å². The van der Waals surface area contributed by atoms with Crippen molar-refractivity contribution < 1.29 is 0 Å². The lowest BCUT2D eigenvalue weighted by Crippen LogP contribution is -2.37. The molecular formula is C15H31N. The van der Waals surface area contributed by atoms with Crippen molar-refractivity contribution in [2.24, 2.45) is 17.8 Å². The lowest BCUT2D eigenvalue weighted by molar-refractivity contribution is 0.247. The van der Waals surface area contributed by atoms with E-state index in [0.717, 1.165) is 23.8 Å². The van der Waals surface area contributed by atoms with Crippen molar-refractivity contribution in [1.82, 2.24) is 5.32 Å². The van der Waals surface area contributed by atoms with Gasteiger partial charge in [-0.25, -0.2) is 0 Å². The number of hydrogen-bond donors (Lipinski definition) is 1. The van der Waals surface area contributed by atoms with Crippen LogP contribution in [0.2, 0.25) is 0 Å². The first-order chi connectivity index (χ1) is 7.67. The third-order valence-corrected chi connectivity index (χ3v) is 4.46. The number of nitrogens with one attached hydrogen (secondary N) is 1. The molecule has 1 N–H and O–H groups in total. The smallest absolute Gasteiger partial charge is 0.00875 e. The Labute approximate surface area is 102 Å². The van der Waals surface area contributed by atoms with E-state index in [-0.39, 0.29) is 0 Å². The average molecular weight is 225 g/mol. The average Bonchev–Trinajstić information content (AvgIpc) is 2.30. The predicted octanol–water partition coefficient (Wildman–Crippen LogP) is 4.23. The molecule has 16 heavy (non-hydrogen) atoms. The fraction of sp³-hybridized carbons (Fsp3) is 1.00. The SMILES string of the molecule is CCC1CCC(CNC(CC)C(C)C)CC1. The summed E-state index contributed by atoms with van der Waals surface area (Å²) < 4.78 is 0. The molecule has 1 fully saturated rings. The molecule has 1 unspecified atom stereocenters. The van der Waals surface area contributed by atoms with E-state index < -0.39 is 0 Å². The van der Waals surface area contributed by atoms with Gasteiger partial charge in [-0.15, -0.1) is 0 Å². The zero-order chi connectivity index (χ0) is 12.0. The van der Waals surface area contributed by atoms with E-state index in [1.165, 1.54) is 45.1 Å². The number of rotatable bonds is 6. The highest BCUT2D eigenvalue weighted by Crippen LogP contribution is 2.30. The normalized spacial score (nSPS) is 28.3. The molecule has 0 saturated heterocycles. The lowest BCUT2D eigenvalue weighted by Gasteiger charge is -2.30. The maximum atomic E-state index is 3.77. The maximum Gasteiger partial charge on any atom is 0.00875 e. The molecule has 0 spiro atoms. The Morgan fingerprint density at radius 2 is 1.56 bits per heavy atom. The highest BCUT2D eigenvalue weighted by Gasteiger charge is 2.20. The van der Waals surface area contributed by atoms with E-state index in [9.17, 15) is 0 Å². The van der Waals surface area contributed by atoms with Gasteiger partial charge in [0.2, 0.25) is 0 Å². The monoisotopic (exact) mass is 225 g/mol. The molecule has 0 aromatic heterocycles. The van der Waals surface area contributed by atoms with E-state index in [1.54, 1.807) is 0 Å². The Morgan fingerprint density at radius 3 is 2.00 bits per heavy atom. The summed E-state index contributed by atoms with van der Waals surface area (Å²) in [6, 6.07) is 0.726. The molecule has 1 heteroatoms. The van der Waals surface area contributed by atoms with E-state index in [2.05, 4.69) is 33.0 Å². The molecule has 0 amide bonds. The van der Waals surface area contributed by atoms with Crippen LogP contribution in [0.4, 0.5) is 0 Å². The van der Waals surface area contributed by atoms with Crippen molar-refractivity contribution in [1.29, 1.82) is 0 Å². The Balaban J connectivity index is 2.18. The zero-order valence-corrected chi connectivity index (χ0v) is 11.8. The lowest BCUT2D eigenvalue weighted by atomic mass is 9.80. The van der Waals surface area contributed by atoms with Crippen LogP contribution in [0.1, 0.15) is 66.2 Å². The van der Waals surface area contributed by atoms with Crippen molar-refractivity contribution in [3.05, 3.63) is 0 Å². The van der Waals surface area contributed by atoms with Gasteiger partial charge in [-0.1, -0.05) is 47.0 Å². The van der Waals surface area contributed by atoms with Gasteiger partial charge < -0.3 is 5.32 Å². The van der Waals surface area contributed by atoms with Crippen LogP contribution in [0.3, 0.4) is 0 Å². The molecule has 1 nitrogen and oxygen atoms in total. The minimum Gasteiger partial charge on any atom is -0.313 e. The van der Waals surface area contributed by atoms with Gasteiger partial charge in [0, 0.05) is 6.04 Å². The molecule has 0 heterocycles. The van der Waals surface area contributed by atoms with Gasteiger partial charge in [0.1, 0.15) is 0 Å². The summed E-state index contributed by atoms with van der Waals surface area (Å²) >= 11 is 0. The summed E-state index contributed by atoms with van der Waals surface area (Å²) in [4.78, 5) is 0. The Morgan fingerprint density at radius 1 is 1.00 bits per heavy atom. The van der Waals surface area contributed by atoms with Gasteiger partial charge in [-0.3, -0.25) is 0 Å². The van der Waals surface area contributed by atoms with Gasteiger partial charge in [0.15, 0.2) is 0 Å². The van der Waals surface area contributed by atoms with Crippen molar-refractivity contribution in [3.63, 3.8) is 0 Å². The van der Waals surface area contributed by atoms with Crippen LogP contribution in [0.25, 0.3) is 0 Å². The predicted molar refractivity (Wildman–Crippen MR) is 72.7 cm³/mol. The fourth-order valence-electron chi connectivity index (χ4n) is 3.01. The van der Waals surface area contributed by atoms with Crippen LogP contribution in [0, 0.1) is 17.8 Å². The Bertz CT molecular complexity index is 168. The second-order valence-corrected chi connectivity index (χ2v) is 5.96. The van der Waals surface area contributed by atoms with Gasteiger partial charge in [0.05, 0.1) is 0 Å². The van der Waals surface area contributed by atoms with E-state index in [4.69, 9.17) is 0 Å². The highest BCUT2D eigenvalue weighted by molar-refractivity contribution is 4.76. The molecular weight excluding hydrogens is 194 g/mol. The standard InChI is InChI=1S/C15H31N/c1-5-13-7-9-14(10-8-13)11-16-15(6-2)12(3)4/h12-16H,5-11H2,1-4H3. The summed E-state index contributed by atoms with van der Waals surface area (Å²) in [5.41, 5.74) is 0. The highest BCUT2D eigenvalue weighted by atomic mass is 14.9. The molecule has 1 atom stereocenters. The van der Waals surface area contributed by atoms with Crippen LogP contribution < -0.4 is 5.32 Å². The number of hydrogen-bond acceptors (Lipinski definition) is 1. The summed E-state index contributed by atoms with van der Waals surface area (Å²) in [6.07, 6.45) is 8.52. The first-order valence-corrected chi connectivity index (χ1v) is 7.40. The topological polar surface area (TPSA) is 12.0 Å². The fourth-order valence-corrected chi connectivity index (χ4v) is 3.01. The van der Waals surface area contributed by atoms with Crippen molar-refractivity contribution in [2.45, 2.75) is 72.3 Å². The van der Waals surface area contributed by atoms with Crippen molar-refractivity contribution in [3.8, 4) is 0 Å². The third-order valence-electron chi connectivity index (χ3n) is 4.46. The van der Waals surface area contributed by atoms with Gasteiger partial charge in [0.25, 0.3) is 0 Å². The molecule has 1 rings (SSSR count). The largest absolute Gasteiger partial charge is 0.313 e. The molecule has 96 valence electrons. The van der Waals surface area contributed by atoms with Gasteiger partial charge in [-0.2, -0.15) is 0 Å². The van der Waals surface area contributed by atoms with Gasteiger partial charge in [-0.05, 0) is 43.6 Å². The minimum atomic E-state index is 0.726. The Kier molecular flexibility index (Phi) is 6.41. The van der Waals surface area contributed by atoms with E-state index in [0.29, 0.717) is 0 Å². The van der Waals surface area contributed by atoms with E-state index >= 15 is 0 Å². The molecule has 1 saturated carbocycles. The molecule has 0 aliphatic heterocycles. The summed E-state index contributed by atoms with van der Waals surface area (Å²) in [6.45, 7) is 10.6. The van der Waals surface area contributed by atoms with Crippen molar-refractivity contribution >= 4 is 0 Å². The molecule has 0 aromatic rings. The van der Waals surface area contributed by atoms with E-state index in [1.807, 2.05) is 0 Å². The molecule has 0 radical (unpaired) electrons. The van der Waals surface area contributed by atoms with Crippen LogP contribution >= 0.6 is 0 Å². The van der Waals surface area contributed by atoms with Crippen LogP contribution in [-0.2, 0) is 0 Å². The third kappa shape index (κ3) is 4.45. The molecule has 0 bridgehead atoms. The quantitative estimate of drug-likeness (QED) is 0.713. The zero-order valence-electron chi connectivity index (χ0n) is 11.8. The first kappa shape index (κ1) is 14.0. The summed E-state index contributed by atoms with van der Waals surface area (Å²) in [5, 5.41) is 3.77. The van der Waals surface area contributed by atoms with Crippen molar-refractivity contribution in [2.75, 3.05) is 6.54 Å². The van der Waals surface area contributed by atoms with Crippen LogP contribution in [0.5, 0.6) is 0 Å². The van der Waals surface area contributed by atoms with Crippen LogP contribution in [-0.4, -0.2) is 12.6 Å². The summed E-state index contributed by atoms with van der Waals surface area (Å²) in [7, 11) is 0. The summed E-state index contributed by atoms with van der Waals surface area (Å²) in [5.74, 6) is 2.76. The maximum absolute atomic E-state index is 3.77. The molecule has 0 aromatic carbocycles. The Hall–Kier alpha value is -0.0400. The second kappa shape index (κ2) is 7.32. The first-order valence-electron chi connectivity index (χ1n) is 7.40. The molecule has 1 aliphatic rings. The molecule has 1 aliphatic carbocycles. The minimum absolute atomic E-state index is 0.726.